The SMILES string of the molecule is Cc1c(CC(C)C)[nH]c(C(C)(C)C)nc1=S. The zero-order chi connectivity index (χ0) is 12.5. The van der Waals surface area contributed by atoms with Gasteiger partial charge < -0.3 is 4.98 Å². The first-order valence-corrected chi connectivity index (χ1v) is 6.23. The van der Waals surface area contributed by atoms with Crippen LogP contribution in [0.5, 0.6) is 0 Å². The second-order valence-corrected chi connectivity index (χ2v) is 6.23. The summed E-state index contributed by atoms with van der Waals surface area (Å²) in [6.45, 7) is 12.9. The maximum Gasteiger partial charge on any atom is 0.132 e. The third-order valence-electron chi connectivity index (χ3n) is 2.58. The average molecular weight is 238 g/mol. The second kappa shape index (κ2) is 4.66. The van der Waals surface area contributed by atoms with Crippen LogP contribution < -0.4 is 0 Å². The second-order valence-electron chi connectivity index (χ2n) is 5.84. The maximum absolute atomic E-state index is 5.32. The van der Waals surface area contributed by atoms with Gasteiger partial charge in [0.05, 0.1) is 0 Å². The molecular weight excluding hydrogens is 216 g/mol. The monoisotopic (exact) mass is 238 g/mol. The standard InChI is InChI=1S/C13H22N2S/c1-8(2)7-10-9(3)11(16)15-12(14-10)13(4,5)6/h8H,7H2,1-6H3,(H,14,15,16). The summed E-state index contributed by atoms with van der Waals surface area (Å²) < 4.78 is 0.735. The molecule has 3 heteroatoms. The fourth-order valence-corrected chi connectivity index (χ4v) is 1.76. The first kappa shape index (κ1) is 13.4. The Labute approximate surface area is 104 Å². The van der Waals surface area contributed by atoms with Gasteiger partial charge in [0.2, 0.25) is 0 Å². The Hall–Kier alpha value is -0.700. The van der Waals surface area contributed by atoms with Crippen molar-refractivity contribution in [3.63, 3.8) is 0 Å². The molecule has 1 N–H and O–H groups in total. The van der Waals surface area contributed by atoms with Crippen molar-refractivity contribution in [1.82, 2.24) is 9.97 Å². The highest BCUT2D eigenvalue weighted by atomic mass is 32.1. The van der Waals surface area contributed by atoms with E-state index in [-0.39, 0.29) is 5.41 Å². The molecule has 0 aliphatic rings. The molecular formula is C13H22N2S. The summed E-state index contributed by atoms with van der Waals surface area (Å²) in [5, 5.41) is 0. The zero-order valence-corrected chi connectivity index (χ0v) is 12.0. The van der Waals surface area contributed by atoms with Gasteiger partial charge in [0.15, 0.2) is 0 Å². The fourth-order valence-electron chi connectivity index (χ4n) is 1.55. The van der Waals surface area contributed by atoms with Gasteiger partial charge >= 0.3 is 0 Å². The smallest absolute Gasteiger partial charge is 0.132 e. The average Bonchev–Trinajstić information content (AvgIpc) is 2.10. The molecule has 16 heavy (non-hydrogen) atoms. The minimum atomic E-state index is 0.0208. The van der Waals surface area contributed by atoms with E-state index in [4.69, 9.17) is 12.2 Å². The number of aromatic nitrogens is 2. The summed E-state index contributed by atoms with van der Waals surface area (Å²) in [5.74, 6) is 1.61. The van der Waals surface area contributed by atoms with Gasteiger partial charge in [0.25, 0.3) is 0 Å². The molecule has 0 saturated carbocycles. The highest BCUT2D eigenvalue weighted by Gasteiger charge is 2.18. The molecule has 1 heterocycles. The summed E-state index contributed by atoms with van der Waals surface area (Å²) in [5.41, 5.74) is 2.38. The largest absolute Gasteiger partial charge is 0.346 e. The van der Waals surface area contributed by atoms with Crippen molar-refractivity contribution in [1.29, 1.82) is 0 Å². The van der Waals surface area contributed by atoms with Crippen LogP contribution in [0.15, 0.2) is 0 Å². The van der Waals surface area contributed by atoms with Crippen LogP contribution in [0.25, 0.3) is 0 Å². The van der Waals surface area contributed by atoms with Crippen LogP contribution >= 0.6 is 12.2 Å². The summed E-state index contributed by atoms with van der Waals surface area (Å²) in [6.07, 6.45) is 1.03. The molecule has 90 valence electrons. The van der Waals surface area contributed by atoms with Gasteiger partial charge in [-0.2, -0.15) is 0 Å². The summed E-state index contributed by atoms with van der Waals surface area (Å²) in [4.78, 5) is 7.92. The first-order chi connectivity index (χ1) is 7.21. The Morgan fingerprint density at radius 2 is 1.88 bits per heavy atom. The molecule has 0 fully saturated rings. The van der Waals surface area contributed by atoms with E-state index in [0.29, 0.717) is 5.92 Å². The molecule has 0 bridgehead atoms. The van der Waals surface area contributed by atoms with Gasteiger partial charge in [-0.15, -0.1) is 0 Å². The third-order valence-corrected chi connectivity index (χ3v) is 2.98. The lowest BCUT2D eigenvalue weighted by Gasteiger charge is -2.20. The third kappa shape index (κ3) is 3.14. The highest BCUT2D eigenvalue weighted by Crippen LogP contribution is 2.20. The van der Waals surface area contributed by atoms with Crippen LogP contribution in [0.4, 0.5) is 0 Å². The summed E-state index contributed by atoms with van der Waals surface area (Å²) in [7, 11) is 0. The quantitative estimate of drug-likeness (QED) is 0.790. The Bertz CT molecular complexity index is 425. The number of H-pyrrole nitrogens is 1. The van der Waals surface area contributed by atoms with E-state index in [1.807, 2.05) is 0 Å². The lowest BCUT2D eigenvalue weighted by atomic mass is 9.95. The normalized spacial score (nSPS) is 12.2. The predicted molar refractivity (Wildman–Crippen MR) is 71.4 cm³/mol. The zero-order valence-electron chi connectivity index (χ0n) is 11.1. The number of hydrogen-bond donors (Lipinski definition) is 1. The van der Waals surface area contributed by atoms with Crippen molar-refractivity contribution < 1.29 is 0 Å². The topological polar surface area (TPSA) is 28.7 Å². The molecule has 0 aliphatic carbocycles. The number of aromatic amines is 1. The molecule has 0 radical (unpaired) electrons. The van der Waals surface area contributed by atoms with Crippen molar-refractivity contribution in [3.05, 3.63) is 21.7 Å². The fraction of sp³-hybridized carbons (Fsp3) is 0.692. The van der Waals surface area contributed by atoms with E-state index < -0.39 is 0 Å². The molecule has 0 atom stereocenters. The molecule has 2 nitrogen and oxygen atoms in total. The minimum absolute atomic E-state index is 0.0208. The molecule has 0 unspecified atom stereocenters. The molecule has 1 aromatic rings. The van der Waals surface area contributed by atoms with Gasteiger partial charge in [-0.1, -0.05) is 46.8 Å². The van der Waals surface area contributed by atoms with Gasteiger partial charge in [0.1, 0.15) is 10.5 Å². The Kier molecular flexibility index (Phi) is 3.89. The van der Waals surface area contributed by atoms with Crippen LogP contribution in [0.1, 0.15) is 51.7 Å². The first-order valence-electron chi connectivity index (χ1n) is 5.82. The van der Waals surface area contributed by atoms with Crippen molar-refractivity contribution in [3.8, 4) is 0 Å². The Morgan fingerprint density at radius 1 is 1.31 bits per heavy atom. The number of rotatable bonds is 2. The van der Waals surface area contributed by atoms with Crippen LogP contribution in [0.3, 0.4) is 0 Å². The van der Waals surface area contributed by atoms with Crippen LogP contribution in [0, 0.1) is 17.5 Å². The van der Waals surface area contributed by atoms with E-state index in [1.165, 1.54) is 5.69 Å². The molecule has 1 aromatic heterocycles. The molecule has 0 aromatic carbocycles. The molecule has 0 amide bonds. The maximum atomic E-state index is 5.32. The molecule has 1 rings (SSSR count). The van der Waals surface area contributed by atoms with Gasteiger partial charge in [0, 0.05) is 16.7 Å². The lowest BCUT2D eigenvalue weighted by molar-refractivity contribution is 0.532. The Morgan fingerprint density at radius 3 is 2.31 bits per heavy atom. The van der Waals surface area contributed by atoms with Gasteiger partial charge in [-0.3, -0.25) is 0 Å². The van der Waals surface area contributed by atoms with E-state index in [2.05, 4.69) is 51.5 Å². The van der Waals surface area contributed by atoms with Crippen molar-refractivity contribution in [2.24, 2.45) is 5.92 Å². The number of nitrogens with one attached hydrogen (secondary N) is 1. The van der Waals surface area contributed by atoms with Gasteiger partial charge in [-0.25, -0.2) is 4.98 Å². The lowest BCUT2D eigenvalue weighted by Crippen LogP contribution is -2.18. The number of hydrogen-bond acceptors (Lipinski definition) is 2. The van der Waals surface area contributed by atoms with Crippen molar-refractivity contribution >= 4 is 12.2 Å². The minimum Gasteiger partial charge on any atom is -0.346 e. The van der Waals surface area contributed by atoms with Crippen LogP contribution in [0.2, 0.25) is 0 Å². The van der Waals surface area contributed by atoms with Crippen molar-refractivity contribution in [2.75, 3.05) is 0 Å². The van der Waals surface area contributed by atoms with Gasteiger partial charge in [-0.05, 0) is 19.3 Å². The summed E-state index contributed by atoms with van der Waals surface area (Å²) >= 11 is 5.32. The van der Waals surface area contributed by atoms with E-state index in [1.54, 1.807) is 0 Å². The molecule has 0 spiro atoms. The van der Waals surface area contributed by atoms with Crippen molar-refractivity contribution in [2.45, 2.75) is 53.4 Å². The van der Waals surface area contributed by atoms with Crippen LogP contribution in [-0.2, 0) is 11.8 Å². The Balaban J connectivity index is 3.28. The molecule has 0 aliphatic heterocycles. The summed E-state index contributed by atoms with van der Waals surface area (Å²) in [6, 6.07) is 0. The van der Waals surface area contributed by atoms with E-state index in [9.17, 15) is 0 Å². The number of nitrogens with zero attached hydrogens (tertiary/aromatic N) is 1. The van der Waals surface area contributed by atoms with E-state index in [0.717, 1.165) is 22.4 Å². The molecule has 0 saturated heterocycles. The van der Waals surface area contributed by atoms with E-state index >= 15 is 0 Å². The highest BCUT2D eigenvalue weighted by molar-refractivity contribution is 7.71. The van der Waals surface area contributed by atoms with Crippen LogP contribution in [-0.4, -0.2) is 9.97 Å². The predicted octanol–water partition coefficient (Wildman–Crippen LogP) is 3.94.